The van der Waals surface area contributed by atoms with Crippen LogP contribution < -0.4 is 5.56 Å². The minimum absolute atomic E-state index is 0.0844. The van der Waals surface area contributed by atoms with Gasteiger partial charge in [-0.15, -0.1) is 0 Å². The van der Waals surface area contributed by atoms with Crippen LogP contribution in [-0.4, -0.2) is 28.9 Å². The number of aromatic nitrogens is 6. The molecule has 9 heteroatoms. The van der Waals surface area contributed by atoms with Gasteiger partial charge in [-0.2, -0.15) is 13.9 Å². The van der Waals surface area contributed by atoms with Crippen LogP contribution in [0.1, 0.15) is 23.5 Å². The third-order valence-electron chi connectivity index (χ3n) is 5.18. The molecule has 0 aliphatic rings. The summed E-state index contributed by atoms with van der Waals surface area (Å²) in [6.07, 6.45) is 2.80. The molecule has 5 rings (SSSR count). The van der Waals surface area contributed by atoms with Crippen LogP contribution in [0.5, 0.6) is 0 Å². The van der Waals surface area contributed by atoms with Gasteiger partial charge in [0.05, 0.1) is 29.5 Å². The Balaban J connectivity index is 1.60. The highest BCUT2D eigenvalue weighted by molar-refractivity contribution is 5.76. The predicted octanol–water partition coefficient (Wildman–Crippen LogP) is 3.99. The van der Waals surface area contributed by atoms with Gasteiger partial charge < -0.3 is 0 Å². The molecule has 5 aromatic rings. The van der Waals surface area contributed by atoms with Crippen molar-refractivity contribution in [1.82, 2.24) is 28.9 Å². The summed E-state index contributed by atoms with van der Waals surface area (Å²) < 4.78 is 31.1. The van der Waals surface area contributed by atoms with E-state index in [-0.39, 0.29) is 17.9 Å². The van der Waals surface area contributed by atoms with Gasteiger partial charge in [0, 0.05) is 0 Å². The quantitative estimate of drug-likeness (QED) is 0.441. The number of rotatable bonds is 4. The van der Waals surface area contributed by atoms with Gasteiger partial charge in [-0.05, 0) is 49.2 Å². The minimum atomic E-state index is -2.78. The van der Waals surface area contributed by atoms with Crippen molar-refractivity contribution in [3.8, 4) is 5.69 Å². The highest BCUT2D eigenvalue weighted by Crippen LogP contribution is 2.23. The standard InChI is InChI=1S/C22H18F2N6O/c1-13-7-14(2)9-15(8-13)30-20-16(10-26-30)21(31)28(12-25-20)11-19-27-17-5-3-4-6-18(17)29(19)22(23)24/h3-10,12,22H,11H2,1-2H3. The number of halogens is 2. The molecule has 0 N–H and O–H groups in total. The van der Waals surface area contributed by atoms with Gasteiger partial charge >= 0.3 is 6.55 Å². The largest absolute Gasteiger partial charge is 0.320 e. The summed E-state index contributed by atoms with van der Waals surface area (Å²) in [4.78, 5) is 21.8. The van der Waals surface area contributed by atoms with Crippen LogP contribution in [0.4, 0.5) is 8.78 Å². The molecule has 0 bridgehead atoms. The molecule has 0 atom stereocenters. The zero-order valence-corrected chi connectivity index (χ0v) is 16.8. The van der Waals surface area contributed by atoms with Crippen molar-refractivity contribution < 1.29 is 8.78 Å². The molecule has 156 valence electrons. The first-order valence-electron chi connectivity index (χ1n) is 9.68. The third-order valence-corrected chi connectivity index (χ3v) is 5.18. The SMILES string of the molecule is Cc1cc(C)cc(-n2ncc3c(=O)n(Cc4nc5ccccc5n4C(F)F)cnc32)c1. The van der Waals surface area contributed by atoms with E-state index in [4.69, 9.17) is 0 Å². The van der Waals surface area contributed by atoms with E-state index in [1.165, 1.54) is 17.1 Å². The van der Waals surface area contributed by atoms with Crippen LogP contribution >= 0.6 is 0 Å². The molecule has 0 amide bonds. The predicted molar refractivity (Wildman–Crippen MR) is 113 cm³/mol. The lowest BCUT2D eigenvalue weighted by atomic mass is 10.1. The monoisotopic (exact) mass is 420 g/mol. The Hall–Kier alpha value is -3.88. The van der Waals surface area contributed by atoms with Gasteiger partial charge in [0.1, 0.15) is 17.5 Å². The first kappa shape index (κ1) is 19.1. The average Bonchev–Trinajstić information content (AvgIpc) is 3.31. The van der Waals surface area contributed by atoms with Crippen LogP contribution in [0.25, 0.3) is 27.8 Å². The molecule has 7 nitrogen and oxygen atoms in total. The van der Waals surface area contributed by atoms with Crippen molar-refractivity contribution in [1.29, 1.82) is 0 Å². The fourth-order valence-corrected chi connectivity index (χ4v) is 3.90. The summed E-state index contributed by atoms with van der Waals surface area (Å²) in [5.74, 6) is 0.0844. The summed E-state index contributed by atoms with van der Waals surface area (Å²) in [6, 6.07) is 12.6. The number of hydrogen-bond donors (Lipinski definition) is 0. The topological polar surface area (TPSA) is 70.5 Å². The maximum Gasteiger partial charge on any atom is 0.320 e. The lowest BCUT2D eigenvalue weighted by molar-refractivity contribution is 0.0711. The Morgan fingerprint density at radius 3 is 2.55 bits per heavy atom. The lowest BCUT2D eigenvalue weighted by Gasteiger charge is -2.10. The van der Waals surface area contributed by atoms with E-state index in [2.05, 4.69) is 15.1 Å². The maximum atomic E-state index is 13.7. The van der Waals surface area contributed by atoms with Crippen LogP contribution in [0, 0.1) is 13.8 Å². The Kier molecular flexibility index (Phi) is 4.39. The first-order valence-corrected chi connectivity index (χ1v) is 9.68. The number of imidazole rings is 1. The van der Waals surface area contributed by atoms with Gasteiger partial charge in [-0.3, -0.25) is 13.9 Å². The van der Waals surface area contributed by atoms with E-state index in [0.29, 0.717) is 22.1 Å². The second-order valence-corrected chi connectivity index (χ2v) is 7.48. The zero-order chi connectivity index (χ0) is 21.7. The zero-order valence-electron chi connectivity index (χ0n) is 16.8. The molecule has 0 saturated heterocycles. The van der Waals surface area contributed by atoms with Crippen molar-refractivity contribution >= 4 is 22.1 Å². The second-order valence-electron chi connectivity index (χ2n) is 7.48. The molecule has 0 aliphatic carbocycles. The number of alkyl halides is 2. The summed E-state index contributed by atoms with van der Waals surface area (Å²) in [5, 5.41) is 4.64. The summed E-state index contributed by atoms with van der Waals surface area (Å²) in [5.41, 5.74) is 3.74. The normalized spacial score (nSPS) is 11.8. The van der Waals surface area contributed by atoms with Crippen LogP contribution in [0.3, 0.4) is 0 Å². The number of nitrogens with zero attached hydrogens (tertiary/aromatic N) is 6. The van der Waals surface area contributed by atoms with Crippen LogP contribution in [-0.2, 0) is 6.54 Å². The average molecular weight is 420 g/mol. The number of benzene rings is 2. The van der Waals surface area contributed by atoms with Gasteiger partial charge in [-0.25, -0.2) is 14.6 Å². The van der Waals surface area contributed by atoms with E-state index in [9.17, 15) is 13.6 Å². The highest BCUT2D eigenvalue weighted by Gasteiger charge is 2.19. The molecule has 0 spiro atoms. The Morgan fingerprint density at radius 1 is 1.06 bits per heavy atom. The minimum Gasteiger partial charge on any atom is -0.291 e. The maximum absolute atomic E-state index is 13.7. The van der Waals surface area contributed by atoms with Gasteiger partial charge in [-0.1, -0.05) is 18.2 Å². The Labute approximate surface area is 175 Å². The van der Waals surface area contributed by atoms with Crippen molar-refractivity contribution in [2.24, 2.45) is 0 Å². The van der Waals surface area contributed by atoms with E-state index in [0.717, 1.165) is 21.4 Å². The van der Waals surface area contributed by atoms with E-state index in [1.807, 2.05) is 32.0 Å². The first-order chi connectivity index (χ1) is 14.9. The number of aryl methyl sites for hydroxylation is 2. The van der Waals surface area contributed by atoms with E-state index in [1.54, 1.807) is 28.9 Å². The van der Waals surface area contributed by atoms with Crippen molar-refractivity contribution in [3.05, 3.63) is 82.3 Å². The molecule has 31 heavy (non-hydrogen) atoms. The van der Waals surface area contributed by atoms with Crippen LogP contribution in [0.2, 0.25) is 0 Å². The number of fused-ring (bicyclic) bond motifs is 2. The fourth-order valence-electron chi connectivity index (χ4n) is 3.90. The second kappa shape index (κ2) is 7.12. The lowest BCUT2D eigenvalue weighted by Crippen LogP contribution is -2.23. The molecule has 3 heterocycles. The highest BCUT2D eigenvalue weighted by atomic mass is 19.3. The molecular weight excluding hydrogens is 402 g/mol. The third kappa shape index (κ3) is 3.18. The Bertz CT molecular complexity index is 1480. The molecule has 0 fully saturated rings. The number of hydrogen-bond acceptors (Lipinski definition) is 4. The molecule has 3 aromatic heterocycles. The summed E-state index contributed by atoms with van der Waals surface area (Å²) in [7, 11) is 0. The van der Waals surface area contributed by atoms with Crippen molar-refractivity contribution in [2.45, 2.75) is 26.9 Å². The molecular formula is C22H18F2N6O. The summed E-state index contributed by atoms with van der Waals surface area (Å²) >= 11 is 0. The molecule has 0 radical (unpaired) electrons. The molecule has 0 unspecified atom stereocenters. The van der Waals surface area contributed by atoms with E-state index < -0.39 is 6.55 Å². The van der Waals surface area contributed by atoms with Gasteiger partial charge in [0.2, 0.25) is 0 Å². The smallest absolute Gasteiger partial charge is 0.291 e. The fraction of sp³-hybridized carbons (Fsp3) is 0.182. The molecule has 0 saturated carbocycles. The van der Waals surface area contributed by atoms with Crippen LogP contribution in [0.15, 0.2) is 59.8 Å². The van der Waals surface area contributed by atoms with E-state index >= 15 is 0 Å². The van der Waals surface area contributed by atoms with Crippen molar-refractivity contribution in [2.75, 3.05) is 0 Å². The Morgan fingerprint density at radius 2 is 1.81 bits per heavy atom. The molecule has 2 aromatic carbocycles. The van der Waals surface area contributed by atoms with Gasteiger partial charge in [0.25, 0.3) is 5.56 Å². The summed E-state index contributed by atoms with van der Waals surface area (Å²) in [6.45, 7) is 1.06. The number of para-hydroxylation sites is 2. The van der Waals surface area contributed by atoms with Gasteiger partial charge in [0.15, 0.2) is 5.65 Å². The molecule has 0 aliphatic heterocycles. The van der Waals surface area contributed by atoms with Crippen molar-refractivity contribution in [3.63, 3.8) is 0 Å².